The normalized spacial score (nSPS) is 10.1. The molecule has 1 N–H and O–H groups in total. The molecule has 2 heterocycles. The first-order chi connectivity index (χ1) is 5.86. The monoisotopic (exact) mass is 158 g/mol. The number of pyridine rings is 1. The Bertz CT molecular complexity index is 362. The number of hydrogen-bond acceptors (Lipinski definition) is 1. The summed E-state index contributed by atoms with van der Waals surface area (Å²) in [6, 6.07) is 9.98. The number of H-pyrrole nitrogens is 1. The zero-order valence-corrected chi connectivity index (χ0v) is 6.91. The highest BCUT2D eigenvalue weighted by molar-refractivity contribution is 5.54. The van der Waals surface area contributed by atoms with Gasteiger partial charge in [-0.25, -0.2) is 0 Å². The number of nitrogens with one attached hydrogen (secondary N) is 1. The fourth-order valence-corrected chi connectivity index (χ4v) is 1.18. The molecule has 0 amide bonds. The summed E-state index contributed by atoms with van der Waals surface area (Å²) in [6.45, 7) is 2.03. The van der Waals surface area contributed by atoms with Gasteiger partial charge in [-0.2, -0.15) is 0 Å². The van der Waals surface area contributed by atoms with Gasteiger partial charge in [-0.1, -0.05) is 6.07 Å². The molecule has 0 saturated carbocycles. The molecule has 2 aromatic heterocycles. The van der Waals surface area contributed by atoms with Crippen LogP contribution in [0.3, 0.4) is 0 Å². The zero-order valence-electron chi connectivity index (χ0n) is 6.91. The summed E-state index contributed by atoms with van der Waals surface area (Å²) < 4.78 is 0. The van der Waals surface area contributed by atoms with Crippen LogP contribution in [0.25, 0.3) is 11.4 Å². The van der Waals surface area contributed by atoms with E-state index in [1.807, 2.05) is 37.3 Å². The van der Waals surface area contributed by atoms with Crippen LogP contribution in [0.5, 0.6) is 0 Å². The second-order valence-corrected chi connectivity index (χ2v) is 2.77. The molecule has 0 unspecified atom stereocenters. The van der Waals surface area contributed by atoms with E-state index in [1.54, 1.807) is 6.20 Å². The molecule has 2 aromatic rings. The molecule has 0 saturated heterocycles. The van der Waals surface area contributed by atoms with Gasteiger partial charge in [-0.05, 0) is 31.2 Å². The van der Waals surface area contributed by atoms with Crippen LogP contribution in [0.1, 0.15) is 5.69 Å². The molecule has 0 fully saturated rings. The Morgan fingerprint density at radius 2 is 2.08 bits per heavy atom. The number of aryl methyl sites for hydroxylation is 1. The SMILES string of the molecule is Cc1ccc(-c2ccccn2)[nH]1. The molecule has 2 heteroatoms. The van der Waals surface area contributed by atoms with Crippen molar-refractivity contribution in [2.24, 2.45) is 0 Å². The number of hydrogen-bond donors (Lipinski definition) is 1. The smallest absolute Gasteiger partial charge is 0.0864 e. The van der Waals surface area contributed by atoms with Crippen molar-refractivity contribution in [3.05, 3.63) is 42.2 Å². The van der Waals surface area contributed by atoms with E-state index in [0.29, 0.717) is 0 Å². The Kier molecular flexibility index (Phi) is 1.67. The average molecular weight is 158 g/mol. The van der Waals surface area contributed by atoms with Gasteiger partial charge in [0.05, 0.1) is 11.4 Å². The third kappa shape index (κ3) is 1.23. The summed E-state index contributed by atoms with van der Waals surface area (Å²) in [4.78, 5) is 7.46. The van der Waals surface area contributed by atoms with E-state index >= 15 is 0 Å². The highest BCUT2D eigenvalue weighted by atomic mass is 14.8. The van der Waals surface area contributed by atoms with Crippen molar-refractivity contribution in [2.75, 3.05) is 0 Å². The fraction of sp³-hybridized carbons (Fsp3) is 0.100. The Labute approximate surface area is 71.3 Å². The summed E-state index contributed by atoms with van der Waals surface area (Å²) >= 11 is 0. The lowest BCUT2D eigenvalue weighted by molar-refractivity contribution is 1.23. The van der Waals surface area contributed by atoms with Crippen molar-refractivity contribution in [1.82, 2.24) is 9.97 Å². The van der Waals surface area contributed by atoms with Crippen LogP contribution in [-0.2, 0) is 0 Å². The second kappa shape index (κ2) is 2.81. The quantitative estimate of drug-likeness (QED) is 0.678. The zero-order chi connectivity index (χ0) is 8.39. The number of aromatic nitrogens is 2. The van der Waals surface area contributed by atoms with Crippen LogP contribution in [0.4, 0.5) is 0 Å². The number of aromatic amines is 1. The van der Waals surface area contributed by atoms with Crippen molar-refractivity contribution in [1.29, 1.82) is 0 Å². The predicted molar refractivity (Wildman–Crippen MR) is 48.8 cm³/mol. The molecular weight excluding hydrogens is 148 g/mol. The highest BCUT2D eigenvalue weighted by Crippen LogP contribution is 2.14. The maximum absolute atomic E-state index is 4.23. The first-order valence-corrected chi connectivity index (χ1v) is 3.93. The molecule has 0 atom stereocenters. The third-order valence-electron chi connectivity index (χ3n) is 1.77. The van der Waals surface area contributed by atoms with Gasteiger partial charge in [-0.15, -0.1) is 0 Å². The molecule has 12 heavy (non-hydrogen) atoms. The lowest BCUT2D eigenvalue weighted by Crippen LogP contribution is -1.80. The Balaban J connectivity index is 2.45. The lowest BCUT2D eigenvalue weighted by Gasteiger charge is -1.94. The molecule has 0 spiro atoms. The van der Waals surface area contributed by atoms with Gasteiger partial charge in [0.25, 0.3) is 0 Å². The van der Waals surface area contributed by atoms with Crippen LogP contribution in [0.15, 0.2) is 36.5 Å². The molecule has 0 radical (unpaired) electrons. The van der Waals surface area contributed by atoms with Crippen LogP contribution in [0, 0.1) is 6.92 Å². The maximum atomic E-state index is 4.23. The van der Waals surface area contributed by atoms with Gasteiger partial charge in [0, 0.05) is 11.9 Å². The van der Waals surface area contributed by atoms with E-state index in [0.717, 1.165) is 17.1 Å². The summed E-state index contributed by atoms with van der Waals surface area (Å²) in [5.74, 6) is 0. The standard InChI is InChI=1S/C10H10N2/c1-8-5-6-10(12-8)9-4-2-3-7-11-9/h2-7,12H,1H3. The third-order valence-corrected chi connectivity index (χ3v) is 1.77. The summed E-state index contributed by atoms with van der Waals surface area (Å²) in [7, 11) is 0. The number of nitrogens with zero attached hydrogens (tertiary/aromatic N) is 1. The van der Waals surface area contributed by atoms with E-state index in [-0.39, 0.29) is 0 Å². The van der Waals surface area contributed by atoms with Gasteiger partial charge in [0.15, 0.2) is 0 Å². The van der Waals surface area contributed by atoms with E-state index in [2.05, 4.69) is 9.97 Å². The lowest BCUT2D eigenvalue weighted by atomic mass is 10.3. The van der Waals surface area contributed by atoms with Crippen LogP contribution in [-0.4, -0.2) is 9.97 Å². The van der Waals surface area contributed by atoms with Crippen molar-refractivity contribution in [3.63, 3.8) is 0 Å². The van der Waals surface area contributed by atoms with Crippen molar-refractivity contribution >= 4 is 0 Å². The summed E-state index contributed by atoms with van der Waals surface area (Å²) in [5, 5.41) is 0. The van der Waals surface area contributed by atoms with Gasteiger partial charge in [0.2, 0.25) is 0 Å². The van der Waals surface area contributed by atoms with Crippen LogP contribution < -0.4 is 0 Å². The molecule has 60 valence electrons. The average Bonchev–Trinajstić information content (AvgIpc) is 2.54. The van der Waals surface area contributed by atoms with Crippen LogP contribution >= 0.6 is 0 Å². The van der Waals surface area contributed by atoms with Gasteiger partial charge >= 0.3 is 0 Å². The molecule has 0 aliphatic carbocycles. The maximum Gasteiger partial charge on any atom is 0.0864 e. The minimum atomic E-state index is 0.991. The number of rotatable bonds is 1. The first-order valence-electron chi connectivity index (χ1n) is 3.93. The van der Waals surface area contributed by atoms with Crippen molar-refractivity contribution in [3.8, 4) is 11.4 Å². The van der Waals surface area contributed by atoms with Gasteiger partial charge < -0.3 is 4.98 Å². The largest absolute Gasteiger partial charge is 0.357 e. The van der Waals surface area contributed by atoms with E-state index in [1.165, 1.54) is 0 Å². The minimum Gasteiger partial charge on any atom is -0.357 e. The minimum absolute atomic E-state index is 0.991. The first kappa shape index (κ1) is 7.10. The van der Waals surface area contributed by atoms with E-state index in [4.69, 9.17) is 0 Å². The Morgan fingerprint density at radius 1 is 1.17 bits per heavy atom. The van der Waals surface area contributed by atoms with Gasteiger partial charge in [-0.3, -0.25) is 4.98 Å². The van der Waals surface area contributed by atoms with Gasteiger partial charge in [0.1, 0.15) is 0 Å². The Hall–Kier alpha value is -1.57. The summed E-state index contributed by atoms with van der Waals surface area (Å²) in [5.41, 5.74) is 3.23. The molecule has 0 bridgehead atoms. The second-order valence-electron chi connectivity index (χ2n) is 2.77. The predicted octanol–water partition coefficient (Wildman–Crippen LogP) is 2.39. The van der Waals surface area contributed by atoms with Crippen molar-refractivity contribution < 1.29 is 0 Å². The fourth-order valence-electron chi connectivity index (χ4n) is 1.18. The molecule has 2 nitrogen and oxygen atoms in total. The topological polar surface area (TPSA) is 28.7 Å². The van der Waals surface area contributed by atoms with E-state index in [9.17, 15) is 0 Å². The molecule has 2 rings (SSSR count). The van der Waals surface area contributed by atoms with Crippen molar-refractivity contribution in [2.45, 2.75) is 6.92 Å². The molecule has 0 aromatic carbocycles. The Morgan fingerprint density at radius 3 is 2.67 bits per heavy atom. The summed E-state index contributed by atoms with van der Waals surface area (Å²) in [6.07, 6.45) is 1.80. The molecule has 0 aliphatic rings. The highest BCUT2D eigenvalue weighted by Gasteiger charge is 1.97. The van der Waals surface area contributed by atoms with E-state index < -0.39 is 0 Å². The molecular formula is C10H10N2. The van der Waals surface area contributed by atoms with Crippen LogP contribution in [0.2, 0.25) is 0 Å². The molecule has 0 aliphatic heterocycles.